The number of carbonyl (C=O) groups is 1. The third kappa shape index (κ3) is 8.88. The summed E-state index contributed by atoms with van der Waals surface area (Å²) in [6.45, 7) is 9.00. The zero-order valence-corrected chi connectivity index (χ0v) is 31.4. The van der Waals surface area contributed by atoms with Gasteiger partial charge in [-0.2, -0.15) is 21.4 Å². The first-order valence-corrected chi connectivity index (χ1v) is 19.7. The summed E-state index contributed by atoms with van der Waals surface area (Å²) in [7, 11) is -1.90. The number of allylic oxidation sites excluding steroid dienone is 8. The van der Waals surface area contributed by atoms with E-state index < -0.39 is 31.6 Å². The molecule has 0 unspecified atom stereocenters. The molecule has 2 aromatic rings. The fraction of sp³-hybridized carbons (Fsp3) is 0.405. The van der Waals surface area contributed by atoms with Gasteiger partial charge in [-0.3, -0.25) is 13.6 Å². The largest absolute Gasteiger partial charge is 0.478 e. The van der Waals surface area contributed by atoms with Gasteiger partial charge in [-0.15, -0.1) is 0 Å². The molecule has 0 bridgehead atoms. The molecule has 4 rings (SSSR count). The van der Waals surface area contributed by atoms with Gasteiger partial charge in [0.25, 0.3) is 20.2 Å². The van der Waals surface area contributed by atoms with E-state index in [4.69, 9.17) is 0 Å². The van der Waals surface area contributed by atoms with Crippen molar-refractivity contribution < 1.29 is 40.4 Å². The van der Waals surface area contributed by atoms with Crippen LogP contribution in [0, 0.1) is 0 Å². The van der Waals surface area contributed by atoms with Crippen molar-refractivity contribution in [2.75, 3.05) is 50.6 Å². The first-order chi connectivity index (χ1) is 23.0. The maximum absolute atomic E-state index is 11.7. The van der Waals surface area contributed by atoms with E-state index >= 15 is 0 Å². The summed E-state index contributed by atoms with van der Waals surface area (Å²) in [6, 6.07) is 11.3. The molecule has 2 aliphatic rings. The Bertz CT molecular complexity index is 2030. The van der Waals surface area contributed by atoms with Crippen LogP contribution in [-0.4, -0.2) is 93.0 Å². The number of rotatable bonds is 14. The lowest BCUT2D eigenvalue weighted by Gasteiger charge is -2.27. The molecule has 2 heterocycles. The van der Waals surface area contributed by atoms with Crippen molar-refractivity contribution in [3.63, 3.8) is 0 Å². The maximum atomic E-state index is 11.7. The van der Waals surface area contributed by atoms with Gasteiger partial charge in [0.2, 0.25) is 5.69 Å². The van der Waals surface area contributed by atoms with Gasteiger partial charge in [0, 0.05) is 59.6 Å². The molecule has 2 aromatic carbocycles. The lowest BCUT2D eigenvalue weighted by molar-refractivity contribution is -0.437. The molecule has 0 saturated carbocycles. The predicted molar refractivity (Wildman–Crippen MR) is 200 cm³/mol. The molecular weight excluding hydrogens is 679 g/mol. The van der Waals surface area contributed by atoms with Crippen molar-refractivity contribution in [2.45, 2.75) is 51.4 Å². The third-order valence-electron chi connectivity index (χ3n) is 9.31. The molecule has 50 heavy (non-hydrogen) atoms. The van der Waals surface area contributed by atoms with E-state index in [-0.39, 0.29) is 35.3 Å². The minimum Gasteiger partial charge on any atom is -0.478 e. The first kappa shape index (κ1) is 38.9. The van der Waals surface area contributed by atoms with Crippen molar-refractivity contribution >= 4 is 49.0 Å². The summed E-state index contributed by atoms with van der Waals surface area (Å²) in [4.78, 5) is 13.8. The number of nitrogens with zero attached hydrogens (tertiary/aromatic N) is 3. The highest BCUT2D eigenvalue weighted by molar-refractivity contribution is 7.86. The van der Waals surface area contributed by atoms with Gasteiger partial charge < -0.3 is 10.0 Å². The number of aromatic carboxylic acids is 1. The van der Waals surface area contributed by atoms with Crippen LogP contribution < -0.4 is 9.38 Å². The van der Waals surface area contributed by atoms with Crippen molar-refractivity contribution in [3.8, 4) is 0 Å². The second-order valence-electron chi connectivity index (χ2n) is 14.6. The van der Waals surface area contributed by atoms with E-state index in [1.165, 1.54) is 6.07 Å². The van der Waals surface area contributed by atoms with Crippen LogP contribution in [0.2, 0.25) is 0 Å². The molecule has 0 radical (unpaired) electrons. The Morgan fingerprint density at radius 1 is 0.820 bits per heavy atom. The van der Waals surface area contributed by atoms with Crippen LogP contribution in [0.15, 0.2) is 84.6 Å². The predicted octanol–water partition coefficient (Wildman–Crippen LogP) is 5.86. The van der Waals surface area contributed by atoms with Gasteiger partial charge in [0.1, 0.15) is 12.2 Å². The topological polar surface area (TPSA) is 152 Å². The minimum atomic E-state index is -4.13. The van der Waals surface area contributed by atoms with E-state index in [0.717, 1.165) is 39.6 Å². The molecule has 0 fully saturated rings. The molecule has 2 aliphatic heterocycles. The Kier molecular flexibility index (Phi) is 11.2. The van der Waals surface area contributed by atoms with Crippen LogP contribution in [0.25, 0.3) is 0 Å². The highest BCUT2D eigenvalue weighted by atomic mass is 32.2. The van der Waals surface area contributed by atoms with E-state index in [1.54, 1.807) is 12.1 Å². The summed E-state index contributed by atoms with van der Waals surface area (Å²) in [6.07, 6.45) is 13.8. The second-order valence-corrected chi connectivity index (χ2v) is 17.8. The molecule has 0 saturated heterocycles. The van der Waals surface area contributed by atoms with E-state index in [9.17, 15) is 35.8 Å². The molecule has 0 aromatic heterocycles. The van der Waals surface area contributed by atoms with Crippen LogP contribution in [0.4, 0.5) is 17.1 Å². The molecule has 3 N–H and O–H groups in total. The summed E-state index contributed by atoms with van der Waals surface area (Å²) in [5.41, 5.74) is 5.99. The SMILES string of the molecule is CC1(C)C(/C=C/C=C/C=C/C=C2/N(CCCS(=O)(=O)O)c3ccc([N+](C)(C)C)cc3C2(C)C)=[N+](CCCS(=O)(=O)O)c2ccc(C(=O)O)cc21. The Hall–Kier alpha value is -3.88. The van der Waals surface area contributed by atoms with Gasteiger partial charge in [0.15, 0.2) is 5.71 Å². The van der Waals surface area contributed by atoms with Gasteiger partial charge in [-0.05, 0) is 50.1 Å². The Balaban J connectivity index is 1.60. The maximum Gasteiger partial charge on any atom is 0.335 e. The van der Waals surface area contributed by atoms with Gasteiger partial charge in [-0.25, -0.2) is 4.79 Å². The van der Waals surface area contributed by atoms with Crippen molar-refractivity contribution in [1.82, 2.24) is 4.48 Å². The van der Waals surface area contributed by atoms with Crippen molar-refractivity contribution in [2.24, 2.45) is 0 Å². The smallest absolute Gasteiger partial charge is 0.335 e. The van der Waals surface area contributed by atoms with Crippen LogP contribution in [0.5, 0.6) is 0 Å². The molecule has 11 nitrogen and oxygen atoms in total. The van der Waals surface area contributed by atoms with Crippen LogP contribution in [0.1, 0.15) is 62.0 Å². The Morgan fingerprint density at radius 2 is 1.44 bits per heavy atom. The summed E-state index contributed by atoms with van der Waals surface area (Å²) >= 11 is 0. The van der Waals surface area contributed by atoms with Crippen LogP contribution >= 0.6 is 0 Å². The Labute approximate surface area is 296 Å². The molecule has 13 heteroatoms. The lowest BCUT2D eigenvalue weighted by atomic mass is 9.81. The normalized spacial score (nSPS) is 18.3. The summed E-state index contributed by atoms with van der Waals surface area (Å²) < 4.78 is 67.0. The van der Waals surface area contributed by atoms with E-state index in [2.05, 4.69) is 58.1 Å². The number of quaternary nitrogens is 1. The van der Waals surface area contributed by atoms with E-state index in [1.807, 2.05) is 61.0 Å². The second kappa shape index (κ2) is 14.4. The number of anilines is 1. The molecule has 270 valence electrons. The average Bonchev–Trinajstić information content (AvgIpc) is 3.33. The molecular formula is C37H49N3O8S2+2. The van der Waals surface area contributed by atoms with Crippen LogP contribution in [0.3, 0.4) is 0 Å². The molecule has 0 spiro atoms. The Morgan fingerprint density at radius 3 is 2.06 bits per heavy atom. The fourth-order valence-electron chi connectivity index (χ4n) is 6.67. The zero-order valence-electron chi connectivity index (χ0n) is 29.8. The average molecular weight is 728 g/mol. The monoisotopic (exact) mass is 727 g/mol. The number of carboxylic acids is 1. The molecule has 0 aliphatic carbocycles. The quantitative estimate of drug-likeness (QED) is 0.0940. The van der Waals surface area contributed by atoms with Gasteiger partial charge in [0.05, 0.1) is 43.6 Å². The molecule has 0 amide bonds. The van der Waals surface area contributed by atoms with E-state index in [0.29, 0.717) is 17.6 Å². The number of hydrogen-bond donors (Lipinski definition) is 3. The highest BCUT2D eigenvalue weighted by Gasteiger charge is 2.45. The van der Waals surface area contributed by atoms with Gasteiger partial charge >= 0.3 is 5.97 Å². The van der Waals surface area contributed by atoms with Crippen LogP contribution in [-0.2, 0) is 31.1 Å². The summed E-state index contributed by atoms with van der Waals surface area (Å²) in [5, 5.41) is 9.58. The number of benzene rings is 2. The molecule has 0 atom stereocenters. The fourth-order valence-corrected chi connectivity index (χ4v) is 7.65. The van der Waals surface area contributed by atoms with Gasteiger partial charge in [-0.1, -0.05) is 44.2 Å². The minimum absolute atomic E-state index is 0.165. The third-order valence-corrected chi connectivity index (χ3v) is 10.9. The standard InChI is InChI=1S/C37H47N3O8S2/c1-36(2)29-25-27(35(41)42)17-19-31(29)38(21-13-23-49(43,44)45)33(36)15-11-9-8-10-12-16-34-37(3,4)30-26-28(40(5,6)7)18-20-32(30)39(34)22-14-24-50(46,47)48/h8-12,15-20,25-26H,13-14,21-24H2,1-7H3,(H-2,41,42,43,44,45,46,47,48)/p+2. The highest BCUT2D eigenvalue weighted by Crippen LogP contribution is 2.49. The van der Waals surface area contributed by atoms with Crippen molar-refractivity contribution in [3.05, 3.63) is 101 Å². The summed E-state index contributed by atoms with van der Waals surface area (Å²) in [5.74, 6) is -1.75. The van der Waals surface area contributed by atoms with Crippen molar-refractivity contribution in [1.29, 1.82) is 0 Å². The number of carboxylic acid groups (broad SMARTS) is 1. The number of hydrogen-bond acceptors (Lipinski definition) is 6. The lowest BCUT2D eigenvalue weighted by Crippen LogP contribution is -2.34. The first-order valence-electron chi connectivity index (χ1n) is 16.4. The zero-order chi connectivity index (χ0) is 37.3. The number of fused-ring (bicyclic) bond motifs is 2.